The number of hydrogen-bond donors (Lipinski definition) is 7. The average molecular weight is 375 g/mol. The van der Waals surface area contributed by atoms with E-state index in [1.807, 2.05) is 0 Å². The molecule has 0 amide bonds. The van der Waals surface area contributed by atoms with Crippen LogP contribution in [-0.2, 0) is 0 Å². The summed E-state index contributed by atoms with van der Waals surface area (Å²) in [6.45, 7) is -0.737. The van der Waals surface area contributed by atoms with Crippen LogP contribution in [-0.4, -0.2) is 73.8 Å². The van der Waals surface area contributed by atoms with Gasteiger partial charge in [0, 0.05) is 12.1 Å². The van der Waals surface area contributed by atoms with E-state index in [4.69, 9.17) is 17.3 Å². The summed E-state index contributed by atoms with van der Waals surface area (Å²) >= 11 is 5.37. The van der Waals surface area contributed by atoms with Gasteiger partial charge in [0.2, 0.25) is 0 Å². The highest BCUT2D eigenvalue weighted by atomic mass is 32.1. The van der Waals surface area contributed by atoms with Gasteiger partial charge in [-0.15, -0.1) is 0 Å². The Kier molecular flexibility index (Phi) is 5.87. The van der Waals surface area contributed by atoms with Gasteiger partial charge in [0.25, 0.3) is 0 Å². The van der Waals surface area contributed by atoms with Gasteiger partial charge in [-0.05, 0) is 68.5 Å². The summed E-state index contributed by atoms with van der Waals surface area (Å²) in [5.74, 6) is 2.39. The molecular weight excluding hydrogens is 344 g/mol. The third-order valence-corrected chi connectivity index (χ3v) is 6.46. The lowest BCUT2D eigenvalue weighted by atomic mass is 9.53. The van der Waals surface area contributed by atoms with E-state index in [-0.39, 0.29) is 12.1 Å². The Hall–Kier alpha value is -0.510. The molecule has 7 N–H and O–H groups in total. The second-order valence-corrected chi connectivity index (χ2v) is 8.74. The number of hydrogen-bond acceptors (Lipinski definition) is 6. The van der Waals surface area contributed by atoms with Gasteiger partial charge < -0.3 is 36.2 Å². The highest BCUT2D eigenvalue weighted by molar-refractivity contribution is 7.80. The minimum absolute atomic E-state index is 0.0470. The zero-order valence-corrected chi connectivity index (χ0v) is 15.2. The third kappa shape index (κ3) is 4.26. The monoisotopic (exact) mass is 374 g/mol. The minimum Gasteiger partial charge on any atom is -0.394 e. The summed E-state index contributed by atoms with van der Waals surface area (Å²) in [6, 6.07) is 0. The lowest BCUT2D eigenvalue weighted by Gasteiger charge is -2.57. The van der Waals surface area contributed by atoms with Crippen molar-refractivity contribution in [3.05, 3.63) is 0 Å². The first kappa shape index (κ1) is 19.3. The summed E-state index contributed by atoms with van der Waals surface area (Å²) < 4.78 is 0. The zero-order chi connectivity index (χ0) is 18.2. The first-order valence-corrected chi connectivity index (χ1v) is 9.62. The quantitative estimate of drug-likeness (QED) is 0.279. The topological polar surface area (TPSA) is 125 Å². The van der Waals surface area contributed by atoms with Crippen LogP contribution in [0, 0.1) is 17.8 Å². The maximum absolute atomic E-state index is 9.96. The Bertz CT molecular complexity index is 456. The summed E-state index contributed by atoms with van der Waals surface area (Å²) in [4.78, 5) is 0. The molecule has 4 rings (SSSR count). The van der Waals surface area contributed by atoms with Gasteiger partial charge in [-0.25, -0.2) is 0 Å². The highest BCUT2D eigenvalue weighted by Crippen LogP contribution is 2.55. The van der Waals surface area contributed by atoms with E-state index in [1.165, 1.54) is 19.3 Å². The van der Waals surface area contributed by atoms with Crippen molar-refractivity contribution >= 4 is 17.3 Å². The Morgan fingerprint density at radius 2 is 1.40 bits per heavy atom. The van der Waals surface area contributed by atoms with Crippen LogP contribution < -0.4 is 10.6 Å². The predicted octanol–water partition coefficient (Wildman–Crippen LogP) is -1.14. The van der Waals surface area contributed by atoms with Crippen LogP contribution in [0.3, 0.4) is 0 Å². The Balaban J connectivity index is 1.47. The molecule has 8 heteroatoms. The van der Waals surface area contributed by atoms with Crippen LogP contribution in [0.15, 0.2) is 0 Å². The van der Waals surface area contributed by atoms with E-state index in [1.54, 1.807) is 0 Å². The SMILES string of the molecule is OC[C@@H](O)[C@@H](O)[C@H](O)[C@@H](O)CNC(=S)NC12CC3CC(CC(C3)C1)C2. The molecule has 0 aliphatic heterocycles. The summed E-state index contributed by atoms with van der Waals surface area (Å²) in [5.41, 5.74) is 0.0645. The van der Waals surface area contributed by atoms with Crippen molar-refractivity contribution in [1.29, 1.82) is 0 Å². The van der Waals surface area contributed by atoms with Crippen LogP contribution in [0.25, 0.3) is 0 Å². The molecular formula is C17H30N2O5S. The number of thiocarbonyl (C=S) groups is 1. The molecule has 25 heavy (non-hydrogen) atoms. The number of aliphatic hydroxyl groups excluding tert-OH is 5. The molecule has 4 aliphatic carbocycles. The Morgan fingerprint density at radius 1 is 0.920 bits per heavy atom. The standard InChI is InChI=1S/C17H30N2O5S/c20-8-13(22)15(24)14(23)12(21)7-18-16(25)19-17-4-9-1-10(5-17)3-11(2-9)6-17/h9-15,20-24H,1-8H2,(H2,18,19,25)/t9?,10?,11?,12-,13+,14+,15+,17?/m0/s1. The van der Waals surface area contributed by atoms with E-state index in [0.29, 0.717) is 5.11 Å². The van der Waals surface area contributed by atoms with Gasteiger partial charge in [-0.3, -0.25) is 0 Å². The molecule has 0 unspecified atom stereocenters. The van der Waals surface area contributed by atoms with Crippen LogP contribution in [0.5, 0.6) is 0 Å². The highest BCUT2D eigenvalue weighted by Gasteiger charge is 2.51. The van der Waals surface area contributed by atoms with Gasteiger partial charge in [0.1, 0.15) is 18.3 Å². The van der Waals surface area contributed by atoms with E-state index < -0.39 is 31.0 Å². The average Bonchev–Trinajstić information content (AvgIpc) is 2.55. The minimum atomic E-state index is -1.62. The smallest absolute Gasteiger partial charge is 0.166 e. The molecule has 0 aromatic rings. The summed E-state index contributed by atoms with van der Waals surface area (Å²) in [7, 11) is 0. The van der Waals surface area contributed by atoms with Gasteiger partial charge in [0.05, 0.1) is 12.7 Å². The first-order chi connectivity index (χ1) is 11.8. The van der Waals surface area contributed by atoms with Crippen molar-refractivity contribution in [1.82, 2.24) is 10.6 Å². The van der Waals surface area contributed by atoms with Crippen molar-refractivity contribution < 1.29 is 25.5 Å². The largest absolute Gasteiger partial charge is 0.394 e. The van der Waals surface area contributed by atoms with Gasteiger partial charge >= 0.3 is 0 Å². The first-order valence-electron chi connectivity index (χ1n) is 9.21. The lowest BCUT2D eigenvalue weighted by molar-refractivity contribution is -0.113. The molecule has 4 bridgehead atoms. The van der Waals surface area contributed by atoms with Gasteiger partial charge in [-0.2, -0.15) is 0 Å². The number of aliphatic hydroxyl groups is 5. The normalized spacial score (nSPS) is 38.0. The van der Waals surface area contributed by atoms with Crippen molar-refractivity contribution in [2.45, 2.75) is 68.5 Å². The second kappa shape index (κ2) is 7.62. The van der Waals surface area contributed by atoms with E-state index >= 15 is 0 Å². The van der Waals surface area contributed by atoms with Crippen LogP contribution >= 0.6 is 12.2 Å². The summed E-state index contributed by atoms with van der Waals surface area (Å²) in [5, 5.41) is 54.4. The lowest BCUT2D eigenvalue weighted by Crippen LogP contribution is -2.62. The molecule has 4 aliphatic rings. The fourth-order valence-corrected chi connectivity index (χ4v) is 5.73. The second-order valence-electron chi connectivity index (χ2n) is 8.33. The van der Waals surface area contributed by atoms with Crippen LogP contribution in [0.4, 0.5) is 0 Å². The predicted molar refractivity (Wildman–Crippen MR) is 95.8 cm³/mol. The van der Waals surface area contributed by atoms with Crippen molar-refractivity contribution in [3.63, 3.8) is 0 Å². The van der Waals surface area contributed by atoms with Crippen LogP contribution in [0.2, 0.25) is 0 Å². The molecule has 0 heterocycles. The molecule has 0 spiro atoms. The molecule has 0 aromatic heterocycles. The van der Waals surface area contributed by atoms with E-state index in [9.17, 15) is 20.4 Å². The molecule has 7 nitrogen and oxygen atoms in total. The van der Waals surface area contributed by atoms with Crippen molar-refractivity contribution in [2.24, 2.45) is 17.8 Å². The fraction of sp³-hybridized carbons (Fsp3) is 0.941. The van der Waals surface area contributed by atoms with Crippen molar-refractivity contribution in [3.8, 4) is 0 Å². The maximum atomic E-state index is 9.96. The van der Waals surface area contributed by atoms with E-state index in [2.05, 4.69) is 10.6 Å². The van der Waals surface area contributed by atoms with Crippen molar-refractivity contribution in [2.75, 3.05) is 13.2 Å². The molecule has 0 radical (unpaired) electrons. The van der Waals surface area contributed by atoms with E-state index in [0.717, 1.165) is 37.0 Å². The molecule has 0 saturated heterocycles. The molecule has 144 valence electrons. The number of rotatable bonds is 7. The number of nitrogens with one attached hydrogen (secondary N) is 2. The Morgan fingerprint density at radius 3 is 1.88 bits per heavy atom. The summed E-state index contributed by atoms with van der Waals surface area (Å²) in [6.07, 6.45) is 1.47. The van der Waals surface area contributed by atoms with Crippen LogP contribution in [0.1, 0.15) is 38.5 Å². The fourth-order valence-electron chi connectivity index (χ4n) is 5.43. The zero-order valence-electron chi connectivity index (χ0n) is 14.3. The Labute approximate surface area is 153 Å². The molecule has 4 saturated carbocycles. The molecule has 0 aromatic carbocycles. The molecule has 4 atom stereocenters. The third-order valence-electron chi connectivity index (χ3n) is 6.21. The van der Waals surface area contributed by atoms with Gasteiger partial charge in [-0.1, -0.05) is 0 Å². The van der Waals surface area contributed by atoms with Gasteiger partial charge in [0.15, 0.2) is 5.11 Å². The maximum Gasteiger partial charge on any atom is 0.166 e. The molecule has 4 fully saturated rings.